The standard InChI is InChI=1S/C13H25N3O2/c1-9-5-6-14-7-10(9)16-11(17)8-15-12(18)13(2,3)4/h9-10,14H,5-8H2,1-4H3,(H,15,18)(H,16,17). The molecular weight excluding hydrogens is 230 g/mol. The average Bonchev–Trinajstić information content (AvgIpc) is 2.27. The normalized spacial score (nSPS) is 24.4. The predicted molar refractivity (Wildman–Crippen MR) is 71.0 cm³/mol. The van der Waals surface area contributed by atoms with Gasteiger partial charge in [-0.1, -0.05) is 27.7 Å². The van der Waals surface area contributed by atoms with Gasteiger partial charge in [0.1, 0.15) is 0 Å². The maximum absolute atomic E-state index is 11.7. The molecule has 0 aromatic carbocycles. The highest BCUT2D eigenvalue weighted by atomic mass is 16.2. The molecule has 2 amide bonds. The lowest BCUT2D eigenvalue weighted by molar-refractivity contribution is -0.131. The van der Waals surface area contributed by atoms with Crippen LogP contribution in [-0.4, -0.2) is 37.5 Å². The molecule has 5 nitrogen and oxygen atoms in total. The first kappa shape index (κ1) is 15.0. The largest absolute Gasteiger partial charge is 0.350 e. The summed E-state index contributed by atoms with van der Waals surface area (Å²) in [6.07, 6.45) is 1.07. The van der Waals surface area contributed by atoms with Crippen molar-refractivity contribution in [3.05, 3.63) is 0 Å². The summed E-state index contributed by atoms with van der Waals surface area (Å²) in [5.74, 6) is 0.258. The molecule has 18 heavy (non-hydrogen) atoms. The molecule has 1 saturated heterocycles. The van der Waals surface area contributed by atoms with Crippen molar-refractivity contribution in [1.82, 2.24) is 16.0 Å². The minimum atomic E-state index is -0.458. The molecule has 1 heterocycles. The second kappa shape index (κ2) is 6.18. The lowest BCUT2D eigenvalue weighted by Gasteiger charge is -2.30. The van der Waals surface area contributed by atoms with Crippen molar-refractivity contribution in [2.24, 2.45) is 11.3 Å². The summed E-state index contributed by atoms with van der Waals surface area (Å²) < 4.78 is 0. The quantitative estimate of drug-likeness (QED) is 0.677. The molecule has 0 aromatic rings. The molecule has 1 aliphatic heterocycles. The molecule has 0 radical (unpaired) electrons. The van der Waals surface area contributed by atoms with E-state index in [2.05, 4.69) is 22.9 Å². The van der Waals surface area contributed by atoms with Crippen LogP contribution >= 0.6 is 0 Å². The van der Waals surface area contributed by atoms with Crippen molar-refractivity contribution in [3.63, 3.8) is 0 Å². The van der Waals surface area contributed by atoms with Crippen LogP contribution in [0, 0.1) is 11.3 Å². The Morgan fingerprint density at radius 3 is 2.56 bits per heavy atom. The van der Waals surface area contributed by atoms with Crippen LogP contribution in [0.4, 0.5) is 0 Å². The highest BCUT2D eigenvalue weighted by Crippen LogP contribution is 2.12. The van der Waals surface area contributed by atoms with Gasteiger partial charge >= 0.3 is 0 Å². The van der Waals surface area contributed by atoms with Gasteiger partial charge in [-0.3, -0.25) is 9.59 Å². The number of piperidine rings is 1. The summed E-state index contributed by atoms with van der Waals surface area (Å²) >= 11 is 0. The van der Waals surface area contributed by atoms with E-state index in [1.54, 1.807) is 0 Å². The van der Waals surface area contributed by atoms with E-state index in [4.69, 9.17) is 0 Å². The molecule has 0 saturated carbocycles. The van der Waals surface area contributed by atoms with Gasteiger partial charge in [0.15, 0.2) is 0 Å². The monoisotopic (exact) mass is 255 g/mol. The van der Waals surface area contributed by atoms with E-state index in [-0.39, 0.29) is 24.4 Å². The van der Waals surface area contributed by atoms with Crippen LogP contribution in [0.2, 0.25) is 0 Å². The molecule has 0 bridgehead atoms. The molecule has 2 atom stereocenters. The predicted octanol–water partition coefficient (Wildman–Crippen LogP) is 0.263. The summed E-state index contributed by atoms with van der Waals surface area (Å²) in [7, 11) is 0. The van der Waals surface area contributed by atoms with Crippen LogP contribution in [0.15, 0.2) is 0 Å². The fourth-order valence-electron chi connectivity index (χ4n) is 1.87. The van der Waals surface area contributed by atoms with Crippen molar-refractivity contribution in [2.75, 3.05) is 19.6 Å². The molecule has 0 aliphatic carbocycles. The first-order chi connectivity index (χ1) is 8.30. The molecule has 104 valence electrons. The van der Waals surface area contributed by atoms with Crippen molar-refractivity contribution < 1.29 is 9.59 Å². The van der Waals surface area contributed by atoms with Gasteiger partial charge < -0.3 is 16.0 Å². The maximum atomic E-state index is 11.7. The number of amides is 2. The zero-order valence-electron chi connectivity index (χ0n) is 11.8. The van der Waals surface area contributed by atoms with Crippen LogP contribution in [0.1, 0.15) is 34.1 Å². The van der Waals surface area contributed by atoms with Crippen molar-refractivity contribution in [3.8, 4) is 0 Å². The van der Waals surface area contributed by atoms with Crippen LogP contribution in [0.25, 0.3) is 0 Å². The van der Waals surface area contributed by atoms with Gasteiger partial charge in [0, 0.05) is 18.0 Å². The molecule has 1 rings (SSSR count). The SMILES string of the molecule is CC1CCNCC1NC(=O)CNC(=O)C(C)(C)C. The minimum Gasteiger partial charge on any atom is -0.350 e. The number of rotatable bonds is 3. The lowest BCUT2D eigenvalue weighted by atomic mass is 9.94. The van der Waals surface area contributed by atoms with Gasteiger partial charge in [-0.25, -0.2) is 0 Å². The van der Waals surface area contributed by atoms with E-state index >= 15 is 0 Å². The first-order valence-electron chi connectivity index (χ1n) is 6.59. The van der Waals surface area contributed by atoms with E-state index in [9.17, 15) is 9.59 Å². The van der Waals surface area contributed by atoms with Crippen molar-refractivity contribution in [1.29, 1.82) is 0 Å². The Kier molecular flexibility index (Phi) is 5.14. The maximum Gasteiger partial charge on any atom is 0.239 e. The first-order valence-corrected chi connectivity index (χ1v) is 6.59. The third-order valence-corrected chi connectivity index (χ3v) is 3.26. The summed E-state index contributed by atoms with van der Waals surface area (Å²) in [5, 5.41) is 8.87. The molecule has 0 aromatic heterocycles. The second-order valence-electron chi connectivity index (χ2n) is 6.08. The molecule has 1 aliphatic rings. The Morgan fingerprint density at radius 2 is 2.00 bits per heavy atom. The van der Waals surface area contributed by atoms with E-state index in [0.717, 1.165) is 19.5 Å². The number of carbonyl (C=O) groups excluding carboxylic acids is 2. The van der Waals surface area contributed by atoms with Crippen LogP contribution in [0.5, 0.6) is 0 Å². The van der Waals surface area contributed by atoms with Crippen LogP contribution in [-0.2, 0) is 9.59 Å². The van der Waals surface area contributed by atoms with Crippen LogP contribution < -0.4 is 16.0 Å². The fourth-order valence-corrected chi connectivity index (χ4v) is 1.87. The average molecular weight is 255 g/mol. The van der Waals surface area contributed by atoms with Crippen LogP contribution in [0.3, 0.4) is 0 Å². The third kappa shape index (κ3) is 4.64. The Bertz CT molecular complexity index is 310. The van der Waals surface area contributed by atoms with E-state index < -0.39 is 5.41 Å². The fraction of sp³-hybridized carbons (Fsp3) is 0.846. The molecule has 5 heteroatoms. The lowest BCUT2D eigenvalue weighted by Crippen LogP contribution is -2.52. The number of nitrogens with one attached hydrogen (secondary N) is 3. The Labute approximate surface area is 109 Å². The Morgan fingerprint density at radius 1 is 1.33 bits per heavy atom. The topological polar surface area (TPSA) is 70.2 Å². The highest BCUT2D eigenvalue weighted by molar-refractivity contribution is 5.87. The van der Waals surface area contributed by atoms with E-state index in [0.29, 0.717) is 5.92 Å². The van der Waals surface area contributed by atoms with Crippen molar-refractivity contribution in [2.45, 2.75) is 40.2 Å². The number of carbonyl (C=O) groups is 2. The zero-order chi connectivity index (χ0) is 13.8. The second-order valence-corrected chi connectivity index (χ2v) is 6.08. The highest BCUT2D eigenvalue weighted by Gasteiger charge is 2.24. The Hall–Kier alpha value is -1.10. The summed E-state index contributed by atoms with van der Waals surface area (Å²) in [6.45, 7) is 9.49. The van der Waals surface area contributed by atoms with Gasteiger partial charge in [0.05, 0.1) is 6.54 Å². The molecular formula is C13H25N3O2. The number of hydrogen-bond acceptors (Lipinski definition) is 3. The third-order valence-electron chi connectivity index (χ3n) is 3.26. The van der Waals surface area contributed by atoms with E-state index in [1.165, 1.54) is 0 Å². The van der Waals surface area contributed by atoms with E-state index in [1.807, 2.05) is 20.8 Å². The van der Waals surface area contributed by atoms with Gasteiger partial charge in [0.25, 0.3) is 0 Å². The zero-order valence-corrected chi connectivity index (χ0v) is 11.8. The molecule has 2 unspecified atom stereocenters. The summed E-state index contributed by atoms with van der Waals surface area (Å²) in [4.78, 5) is 23.4. The van der Waals surface area contributed by atoms with Crippen molar-refractivity contribution >= 4 is 11.8 Å². The Balaban J connectivity index is 2.31. The van der Waals surface area contributed by atoms with Gasteiger partial charge in [-0.2, -0.15) is 0 Å². The molecule has 0 spiro atoms. The summed E-state index contributed by atoms with van der Waals surface area (Å²) in [5.41, 5.74) is -0.458. The van der Waals surface area contributed by atoms with Gasteiger partial charge in [-0.05, 0) is 18.9 Å². The number of hydrogen-bond donors (Lipinski definition) is 3. The van der Waals surface area contributed by atoms with Gasteiger partial charge in [-0.15, -0.1) is 0 Å². The smallest absolute Gasteiger partial charge is 0.239 e. The molecule has 1 fully saturated rings. The van der Waals surface area contributed by atoms with Gasteiger partial charge in [0.2, 0.25) is 11.8 Å². The molecule has 3 N–H and O–H groups in total. The summed E-state index contributed by atoms with van der Waals surface area (Å²) in [6, 6.07) is 0.165. The minimum absolute atomic E-state index is 0.0549.